The average Bonchev–Trinajstić information content (AvgIpc) is 3.06. The third-order valence-electron chi connectivity index (χ3n) is 5.05. The van der Waals surface area contributed by atoms with Crippen molar-refractivity contribution in [1.29, 1.82) is 0 Å². The minimum atomic E-state index is -2.51. The molecule has 1 saturated heterocycles. The number of aryl methyl sites for hydroxylation is 1. The Morgan fingerprint density at radius 2 is 1.89 bits per heavy atom. The first-order valence-electron chi connectivity index (χ1n) is 8.94. The Kier molecular flexibility index (Phi) is 4.73. The highest BCUT2D eigenvalue weighted by molar-refractivity contribution is 5.73. The summed E-state index contributed by atoms with van der Waals surface area (Å²) in [4.78, 5) is 17.6. The fourth-order valence-corrected chi connectivity index (χ4v) is 3.35. The summed E-state index contributed by atoms with van der Waals surface area (Å²) in [7, 11) is 0. The van der Waals surface area contributed by atoms with Gasteiger partial charge < -0.3 is 9.32 Å². The molecule has 3 aromatic rings. The number of hydrogen-bond acceptors (Lipinski definition) is 6. The Hall–Kier alpha value is -2.61. The van der Waals surface area contributed by atoms with Crippen molar-refractivity contribution >= 4 is 16.9 Å². The molecule has 0 bridgehead atoms. The van der Waals surface area contributed by atoms with E-state index in [1.54, 1.807) is 12.4 Å². The van der Waals surface area contributed by atoms with Crippen LogP contribution in [0.5, 0.6) is 0 Å². The lowest BCUT2D eigenvalue weighted by molar-refractivity contribution is 0.151. The fraction of sp³-hybridized carbons (Fsp3) is 0.421. The minimum absolute atomic E-state index is 0.0469. The quantitative estimate of drug-likeness (QED) is 0.698. The zero-order valence-corrected chi connectivity index (χ0v) is 15.3. The number of oxazole rings is 1. The molecule has 1 fully saturated rings. The SMILES string of the molecule is Cc1ncnc(N2CCN(Cc3nc4ccc(C(F)F)cc4o3)CC2)c1C. The van der Waals surface area contributed by atoms with Gasteiger partial charge in [-0.1, -0.05) is 6.07 Å². The fourth-order valence-electron chi connectivity index (χ4n) is 3.35. The molecule has 1 aliphatic rings. The van der Waals surface area contributed by atoms with E-state index in [-0.39, 0.29) is 5.56 Å². The molecular weight excluding hydrogens is 352 g/mol. The van der Waals surface area contributed by atoms with Crippen molar-refractivity contribution in [2.75, 3.05) is 31.1 Å². The van der Waals surface area contributed by atoms with Crippen LogP contribution in [0.25, 0.3) is 11.1 Å². The van der Waals surface area contributed by atoms with Gasteiger partial charge in [0, 0.05) is 43.0 Å². The largest absolute Gasteiger partial charge is 0.439 e. The molecule has 2 aromatic heterocycles. The number of nitrogens with zero attached hydrogens (tertiary/aromatic N) is 5. The highest BCUT2D eigenvalue weighted by Crippen LogP contribution is 2.25. The number of aromatic nitrogens is 3. The summed E-state index contributed by atoms with van der Waals surface area (Å²) in [5, 5.41) is 0. The van der Waals surface area contributed by atoms with Crippen molar-refractivity contribution in [3.63, 3.8) is 0 Å². The summed E-state index contributed by atoms with van der Waals surface area (Å²) in [6.45, 7) is 8.01. The van der Waals surface area contributed by atoms with E-state index >= 15 is 0 Å². The summed E-state index contributed by atoms with van der Waals surface area (Å²) in [5.41, 5.74) is 3.08. The van der Waals surface area contributed by atoms with Gasteiger partial charge in [0.05, 0.1) is 6.54 Å². The van der Waals surface area contributed by atoms with Crippen LogP contribution in [0.15, 0.2) is 28.9 Å². The first kappa shape index (κ1) is 17.8. The monoisotopic (exact) mass is 373 g/mol. The number of hydrogen-bond donors (Lipinski definition) is 0. The van der Waals surface area contributed by atoms with Gasteiger partial charge >= 0.3 is 0 Å². The van der Waals surface area contributed by atoms with Crippen LogP contribution in [0.2, 0.25) is 0 Å². The number of anilines is 1. The highest BCUT2D eigenvalue weighted by atomic mass is 19.3. The number of piperazine rings is 1. The minimum Gasteiger partial charge on any atom is -0.439 e. The second-order valence-corrected chi connectivity index (χ2v) is 6.81. The van der Waals surface area contributed by atoms with Crippen LogP contribution in [-0.2, 0) is 6.54 Å². The molecule has 6 nitrogen and oxygen atoms in total. The molecule has 8 heteroatoms. The molecular formula is C19H21F2N5O. The summed E-state index contributed by atoms with van der Waals surface area (Å²) < 4.78 is 31.3. The zero-order chi connectivity index (χ0) is 19.0. The molecule has 3 heterocycles. The smallest absolute Gasteiger partial charge is 0.263 e. The van der Waals surface area contributed by atoms with Crippen LogP contribution in [0.1, 0.15) is 29.1 Å². The summed E-state index contributed by atoms with van der Waals surface area (Å²) in [6.07, 6.45) is -0.902. The number of alkyl halides is 2. The van der Waals surface area contributed by atoms with Crippen molar-refractivity contribution in [1.82, 2.24) is 19.9 Å². The van der Waals surface area contributed by atoms with Crippen LogP contribution in [0.3, 0.4) is 0 Å². The topological polar surface area (TPSA) is 58.3 Å². The first-order chi connectivity index (χ1) is 13.0. The predicted molar refractivity (Wildman–Crippen MR) is 98.0 cm³/mol. The van der Waals surface area contributed by atoms with E-state index in [0.29, 0.717) is 23.5 Å². The van der Waals surface area contributed by atoms with E-state index in [0.717, 1.165) is 43.3 Å². The van der Waals surface area contributed by atoms with Gasteiger partial charge in [-0.05, 0) is 26.0 Å². The van der Waals surface area contributed by atoms with Crippen molar-refractivity contribution in [3.8, 4) is 0 Å². The molecule has 0 saturated carbocycles. The van der Waals surface area contributed by atoms with Crippen molar-refractivity contribution in [2.24, 2.45) is 0 Å². The average molecular weight is 373 g/mol. The molecule has 0 spiro atoms. The van der Waals surface area contributed by atoms with Gasteiger partial charge in [0.15, 0.2) is 5.58 Å². The lowest BCUT2D eigenvalue weighted by atomic mass is 10.2. The van der Waals surface area contributed by atoms with Gasteiger partial charge in [-0.2, -0.15) is 0 Å². The van der Waals surface area contributed by atoms with Crippen LogP contribution in [0.4, 0.5) is 14.6 Å². The molecule has 0 unspecified atom stereocenters. The van der Waals surface area contributed by atoms with Crippen LogP contribution in [0, 0.1) is 13.8 Å². The molecule has 1 aliphatic heterocycles. The molecule has 4 rings (SSSR count). The number of benzene rings is 1. The van der Waals surface area contributed by atoms with Crippen LogP contribution in [-0.4, -0.2) is 46.0 Å². The Balaban J connectivity index is 1.42. The van der Waals surface area contributed by atoms with Gasteiger partial charge in [0.25, 0.3) is 6.43 Å². The lowest BCUT2D eigenvalue weighted by Gasteiger charge is -2.35. The number of rotatable bonds is 4. The third kappa shape index (κ3) is 3.62. The molecule has 1 aromatic carbocycles. The highest BCUT2D eigenvalue weighted by Gasteiger charge is 2.21. The van der Waals surface area contributed by atoms with E-state index in [2.05, 4.69) is 24.8 Å². The third-order valence-corrected chi connectivity index (χ3v) is 5.05. The zero-order valence-electron chi connectivity index (χ0n) is 15.3. The van der Waals surface area contributed by atoms with Gasteiger partial charge in [-0.25, -0.2) is 23.7 Å². The normalized spacial score (nSPS) is 15.8. The standard InChI is InChI=1S/C19H21F2N5O/c1-12-13(2)22-11-23-19(12)26-7-5-25(6-8-26)10-17-24-15-4-3-14(18(20)21)9-16(15)27-17/h3-4,9,11,18H,5-8,10H2,1-2H3. The van der Waals surface area contributed by atoms with Crippen molar-refractivity contribution in [3.05, 3.63) is 47.2 Å². The maximum Gasteiger partial charge on any atom is 0.263 e. The molecule has 0 atom stereocenters. The van der Waals surface area contributed by atoms with Gasteiger partial charge in [-0.3, -0.25) is 4.90 Å². The van der Waals surface area contributed by atoms with Crippen molar-refractivity contribution in [2.45, 2.75) is 26.8 Å². The van der Waals surface area contributed by atoms with Crippen molar-refractivity contribution < 1.29 is 13.2 Å². The molecule has 0 N–H and O–H groups in total. The van der Waals surface area contributed by atoms with Gasteiger partial charge in [0.2, 0.25) is 5.89 Å². The Morgan fingerprint density at radius 3 is 2.63 bits per heavy atom. The molecule has 0 radical (unpaired) electrons. The summed E-state index contributed by atoms with van der Waals surface area (Å²) >= 11 is 0. The van der Waals surface area contributed by atoms with E-state index in [1.165, 1.54) is 12.1 Å². The van der Waals surface area contributed by atoms with Gasteiger partial charge in [-0.15, -0.1) is 0 Å². The van der Waals surface area contributed by atoms with E-state index in [9.17, 15) is 8.78 Å². The maximum absolute atomic E-state index is 12.8. The van der Waals surface area contributed by atoms with Crippen LogP contribution >= 0.6 is 0 Å². The summed E-state index contributed by atoms with van der Waals surface area (Å²) in [6, 6.07) is 4.35. The number of fused-ring (bicyclic) bond motifs is 1. The molecule has 0 amide bonds. The number of halogens is 2. The molecule has 142 valence electrons. The molecule has 27 heavy (non-hydrogen) atoms. The summed E-state index contributed by atoms with van der Waals surface area (Å²) in [5.74, 6) is 1.54. The second kappa shape index (κ2) is 7.19. The Morgan fingerprint density at radius 1 is 1.11 bits per heavy atom. The molecule has 0 aliphatic carbocycles. The Labute approximate surface area is 155 Å². The lowest BCUT2D eigenvalue weighted by Crippen LogP contribution is -2.46. The maximum atomic E-state index is 12.8. The van der Waals surface area contributed by atoms with E-state index < -0.39 is 6.43 Å². The van der Waals surface area contributed by atoms with E-state index in [1.807, 2.05) is 13.8 Å². The predicted octanol–water partition coefficient (Wildman–Crippen LogP) is 3.49. The second-order valence-electron chi connectivity index (χ2n) is 6.81. The van der Waals surface area contributed by atoms with E-state index in [4.69, 9.17) is 4.42 Å². The Bertz CT molecular complexity index is 950. The first-order valence-corrected chi connectivity index (χ1v) is 8.94. The van der Waals surface area contributed by atoms with Gasteiger partial charge in [0.1, 0.15) is 17.7 Å². The van der Waals surface area contributed by atoms with Crippen LogP contribution < -0.4 is 4.90 Å².